The maximum absolute atomic E-state index is 12.3. The van der Waals surface area contributed by atoms with Crippen molar-refractivity contribution in [1.82, 2.24) is 4.90 Å². The summed E-state index contributed by atoms with van der Waals surface area (Å²) in [4.78, 5) is 14.1. The van der Waals surface area contributed by atoms with Gasteiger partial charge in [-0.05, 0) is 35.7 Å². The van der Waals surface area contributed by atoms with Gasteiger partial charge < -0.3 is 14.4 Å². The van der Waals surface area contributed by atoms with E-state index in [2.05, 4.69) is 0 Å². The van der Waals surface area contributed by atoms with Crippen LogP contribution in [0.4, 0.5) is 0 Å². The lowest BCUT2D eigenvalue weighted by molar-refractivity contribution is -0.129. The normalized spacial score (nSPS) is 10.2. The second-order valence-electron chi connectivity index (χ2n) is 5.40. The number of hydrogen-bond donors (Lipinski definition) is 0. The van der Waals surface area contributed by atoms with E-state index >= 15 is 0 Å². The highest BCUT2D eigenvalue weighted by Crippen LogP contribution is 2.18. The number of likely N-dealkylation sites (N-methyl/N-ethyl adjacent to an activating group) is 1. The molecule has 0 saturated heterocycles. The third kappa shape index (κ3) is 4.74. The smallest absolute Gasteiger partial charge is 0.226 e. The van der Waals surface area contributed by atoms with Gasteiger partial charge in [0, 0.05) is 13.6 Å². The zero-order valence-corrected chi connectivity index (χ0v) is 13.9. The topological polar surface area (TPSA) is 38.8 Å². The first-order valence-corrected chi connectivity index (χ1v) is 7.63. The number of methoxy groups -OCH3 is 2. The third-order valence-corrected chi connectivity index (χ3v) is 3.85. The first-order valence-electron chi connectivity index (χ1n) is 7.63. The summed E-state index contributed by atoms with van der Waals surface area (Å²) in [5.74, 6) is 1.76. The molecule has 0 bridgehead atoms. The summed E-state index contributed by atoms with van der Waals surface area (Å²) < 4.78 is 10.5. The number of nitrogens with zero attached hydrogens (tertiary/aromatic N) is 1. The molecule has 4 nitrogen and oxygen atoms in total. The Balaban J connectivity index is 1.89. The van der Waals surface area contributed by atoms with Gasteiger partial charge in [-0.2, -0.15) is 0 Å². The van der Waals surface area contributed by atoms with Gasteiger partial charge in [0.05, 0.1) is 20.6 Å². The van der Waals surface area contributed by atoms with Crippen LogP contribution < -0.4 is 9.47 Å². The van der Waals surface area contributed by atoms with Crippen LogP contribution in [0.2, 0.25) is 0 Å². The first kappa shape index (κ1) is 16.9. The molecule has 0 unspecified atom stereocenters. The number of benzene rings is 2. The lowest BCUT2D eigenvalue weighted by Crippen LogP contribution is -2.30. The molecule has 2 aromatic carbocycles. The van der Waals surface area contributed by atoms with Crippen LogP contribution in [-0.4, -0.2) is 38.6 Å². The van der Waals surface area contributed by atoms with Crippen LogP contribution in [0.25, 0.3) is 0 Å². The van der Waals surface area contributed by atoms with Crippen molar-refractivity contribution in [3.63, 3.8) is 0 Å². The highest BCUT2D eigenvalue weighted by Gasteiger charge is 2.11. The molecular weight excluding hydrogens is 290 g/mol. The van der Waals surface area contributed by atoms with Crippen LogP contribution >= 0.6 is 0 Å². The predicted octanol–water partition coefficient (Wildman–Crippen LogP) is 2.95. The minimum atomic E-state index is 0.102. The zero-order valence-electron chi connectivity index (χ0n) is 13.9. The molecule has 0 fully saturated rings. The van der Waals surface area contributed by atoms with Gasteiger partial charge >= 0.3 is 0 Å². The second kappa shape index (κ2) is 8.22. The first-order chi connectivity index (χ1) is 11.1. The van der Waals surface area contributed by atoms with Crippen LogP contribution in [0, 0.1) is 0 Å². The maximum atomic E-state index is 12.3. The largest absolute Gasteiger partial charge is 0.497 e. The Kier molecular flexibility index (Phi) is 6.03. The molecule has 2 aromatic rings. The molecule has 0 atom stereocenters. The monoisotopic (exact) mass is 313 g/mol. The van der Waals surface area contributed by atoms with Crippen LogP contribution in [0.5, 0.6) is 11.5 Å². The molecule has 1 amide bonds. The average Bonchev–Trinajstić information content (AvgIpc) is 2.60. The van der Waals surface area contributed by atoms with E-state index in [1.807, 2.05) is 55.6 Å². The van der Waals surface area contributed by atoms with Crippen LogP contribution in [0.1, 0.15) is 11.1 Å². The molecule has 2 rings (SSSR count). The van der Waals surface area contributed by atoms with Gasteiger partial charge in [0.2, 0.25) is 5.91 Å². The van der Waals surface area contributed by atoms with E-state index in [4.69, 9.17) is 9.47 Å². The van der Waals surface area contributed by atoms with E-state index in [1.165, 1.54) is 0 Å². The standard InChI is InChI=1S/C19H23NO3/c1-20(13-12-16-6-4-5-7-18(16)23-3)19(21)14-15-8-10-17(22-2)11-9-15/h4-11H,12-14H2,1-3H3. The van der Waals surface area contributed by atoms with Crippen LogP contribution in [0.3, 0.4) is 0 Å². The summed E-state index contributed by atoms with van der Waals surface area (Å²) in [5, 5.41) is 0. The van der Waals surface area contributed by atoms with Gasteiger partial charge in [0.25, 0.3) is 0 Å². The molecule has 0 saturated carbocycles. The number of ether oxygens (including phenoxy) is 2. The minimum absolute atomic E-state index is 0.102. The van der Waals surface area contributed by atoms with Crippen molar-refractivity contribution in [3.8, 4) is 11.5 Å². The fourth-order valence-corrected chi connectivity index (χ4v) is 2.38. The number of amides is 1. The maximum Gasteiger partial charge on any atom is 0.226 e. The Bertz CT molecular complexity index is 637. The van der Waals surface area contributed by atoms with Crippen molar-refractivity contribution in [3.05, 3.63) is 59.7 Å². The Morgan fingerprint density at radius 1 is 1.00 bits per heavy atom. The predicted molar refractivity (Wildman–Crippen MR) is 91.0 cm³/mol. The Hall–Kier alpha value is -2.49. The van der Waals surface area contributed by atoms with Crippen molar-refractivity contribution in [2.75, 3.05) is 27.8 Å². The van der Waals surface area contributed by atoms with Gasteiger partial charge in [-0.15, -0.1) is 0 Å². The van der Waals surface area contributed by atoms with Gasteiger partial charge in [0.15, 0.2) is 0 Å². The summed E-state index contributed by atoms with van der Waals surface area (Å²) in [7, 11) is 5.13. The Morgan fingerprint density at radius 3 is 2.35 bits per heavy atom. The summed E-state index contributed by atoms with van der Waals surface area (Å²) in [6.07, 6.45) is 1.17. The molecule has 4 heteroatoms. The molecule has 0 radical (unpaired) electrons. The van der Waals surface area contributed by atoms with Gasteiger partial charge in [-0.3, -0.25) is 4.79 Å². The molecule has 0 heterocycles. The van der Waals surface area contributed by atoms with Gasteiger partial charge in [0.1, 0.15) is 11.5 Å². The quantitative estimate of drug-likeness (QED) is 0.789. The van der Waals surface area contributed by atoms with E-state index in [0.717, 1.165) is 29.0 Å². The molecule has 0 spiro atoms. The summed E-state index contributed by atoms with van der Waals surface area (Å²) in [6.45, 7) is 0.662. The number of para-hydroxylation sites is 1. The third-order valence-electron chi connectivity index (χ3n) is 3.85. The van der Waals surface area contributed by atoms with Crippen molar-refractivity contribution in [2.45, 2.75) is 12.8 Å². The molecule has 0 aliphatic rings. The van der Waals surface area contributed by atoms with E-state index in [0.29, 0.717) is 13.0 Å². The number of carbonyl (C=O) groups is 1. The van der Waals surface area contributed by atoms with Crippen molar-refractivity contribution in [2.24, 2.45) is 0 Å². The molecule has 0 aliphatic carbocycles. The van der Waals surface area contributed by atoms with Gasteiger partial charge in [-0.25, -0.2) is 0 Å². The fraction of sp³-hybridized carbons (Fsp3) is 0.316. The van der Waals surface area contributed by atoms with Gasteiger partial charge in [-0.1, -0.05) is 30.3 Å². The lowest BCUT2D eigenvalue weighted by Gasteiger charge is -2.18. The summed E-state index contributed by atoms with van der Waals surface area (Å²) in [5.41, 5.74) is 2.10. The Labute approximate surface area is 137 Å². The van der Waals surface area contributed by atoms with E-state index in [9.17, 15) is 4.79 Å². The van der Waals surface area contributed by atoms with Crippen LogP contribution in [0.15, 0.2) is 48.5 Å². The van der Waals surface area contributed by atoms with E-state index in [1.54, 1.807) is 19.1 Å². The van der Waals surface area contributed by atoms with Crippen LogP contribution in [-0.2, 0) is 17.6 Å². The number of carbonyl (C=O) groups excluding carboxylic acids is 1. The summed E-state index contributed by atoms with van der Waals surface area (Å²) in [6, 6.07) is 15.5. The number of rotatable bonds is 7. The molecule has 23 heavy (non-hydrogen) atoms. The lowest BCUT2D eigenvalue weighted by atomic mass is 10.1. The second-order valence-corrected chi connectivity index (χ2v) is 5.40. The molecule has 122 valence electrons. The number of hydrogen-bond acceptors (Lipinski definition) is 3. The molecular formula is C19H23NO3. The molecule has 0 aliphatic heterocycles. The van der Waals surface area contributed by atoms with Crippen molar-refractivity contribution >= 4 is 5.91 Å². The summed E-state index contributed by atoms with van der Waals surface area (Å²) >= 11 is 0. The average molecular weight is 313 g/mol. The van der Waals surface area contributed by atoms with E-state index < -0.39 is 0 Å². The van der Waals surface area contributed by atoms with Crippen molar-refractivity contribution in [1.29, 1.82) is 0 Å². The van der Waals surface area contributed by atoms with Crippen molar-refractivity contribution < 1.29 is 14.3 Å². The highest BCUT2D eigenvalue weighted by atomic mass is 16.5. The SMILES string of the molecule is COc1ccc(CC(=O)N(C)CCc2ccccc2OC)cc1. The minimum Gasteiger partial charge on any atom is -0.497 e. The fourth-order valence-electron chi connectivity index (χ4n) is 2.38. The molecule has 0 N–H and O–H groups in total. The molecule has 0 aromatic heterocycles. The highest BCUT2D eigenvalue weighted by molar-refractivity contribution is 5.78. The Morgan fingerprint density at radius 2 is 1.70 bits per heavy atom. The zero-order chi connectivity index (χ0) is 16.7. The van der Waals surface area contributed by atoms with E-state index in [-0.39, 0.29) is 5.91 Å².